The second kappa shape index (κ2) is 4.39. The van der Waals surface area contributed by atoms with E-state index in [1.807, 2.05) is 0 Å². The number of sulfonamides is 1. The first-order valence-electron chi connectivity index (χ1n) is 4.64. The first-order chi connectivity index (χ1) is 5.99. The minimum Gasteiger partial charge on any atom is -0.391 e. The van der Waals surface area contributed by atoms with Gasteiger partial charge in [0.25, 0.3) is 0 Å². The van der Waals surface area contributed by atoms with Gasteiger partial charge in [-0.25, -0.2) is 13.1 Å². The Kier molecular flexibility index (Phi) is 3.70. The van der Waals surface area contributed by atoms with Crippen molar-refractivity contribution in [2.45, 2.75) is 44.2 Å². The zero-order chi connectivity index (χ0) is 9.90. The molecule has 1 aliphatic rings. The summed E-state index contributed by atoms with van der Waals surface area (Å²) in [5, 5.41) is 9.59. The first kappa shape index (κ1) is 10.9. The second-order valence-electron chi connectivity index (χ2n) is 3.70. The minimum absolute atomic E-state index is 0.280. The van der Waals surface area contributed by atoms with Crippen LogP contribution in [-0.4, -0.2) is 31.9 Å². The average Bonchev–Trinajstić information content (AvgIpc) is 2.14. The number of aliphatic hydroxyl groups excluding tert-OH is 1. The van der Waals surface area contributed by atoms with Crippen LogP contribution in [0.15, 0.2) is 0 Å². The van der Waals surface area contributed by atoms with E-state index >= 15 is 0 Å². The lowest BCUT2D eigenvalue weighted by atomic mass is 10.1. The van der Waals surface area contributed by atoms with Crippen LogP contribution in [0.1, 0.15) is 32.1 Å². The quantitative estimate of drug-likeness (QED) is 0.637. The van der Waals surface area contributed by atoms with E-state index in [-0.39, 0.29) is 6.04 Å². The largest absolute Gasteiger partial charge is 0.391 e. The maximum Gasteiger partial charge on any atom is 0.209 e. The Morgan fingerprint density at radius 3 is 2.46 bits per heavy atom. The Balaban J connectivity index is 2.55. The van der Waals surface area contributed by atoms with Gasteiger partial charge in [0.2, 0.25) is 10.0 Å². The molecule has 0 radical (unpaired) electrons. The molecule has 5 heteroatoms. The molecule has 78 valence electrons. The van der Waals surface area contributed by atoms with Crippen molar-refractivity contribution in [3.63, 3.8) is 0 Å². The van der Waals surface area contributed by atoms with Crippen LogP contribution in [0.2, 0.25) is 0 Å². The topological polar surface area (TPSA) is 66.4 Å². The van der Waals surface area contributed by atoms with Crippen molar-refractivity contribution in [1.82, 2.24) is 4.72 Å². The fraction of sp³-hybridized carbons (Fsp3) is 1.00. The molecule has 0 amide bonds. The Hall–Kier alpha value is -0.130. The van der Waals surface area contributed by atoms with Crippen LogP contribution in [0.3, 0.4) is 0 Å². The zero-order valence-electron chi connectivity index (χ0n) is 7.86. The predicted molar refractivity (Wildman–Crippen MR) is 50.9 cm³/mol. The van der Waals surface area contributed by atoms with E-state index in [0.29, 0.717) is 6.42 Å². The average molecular weight is 207 g/mol. The Bertz CT molecular complexity index is 250. The van der Waals surface area contributed by atoms with E-state index in [1.165, 1.54) is 0 Å². The van der Waals surface area contributed by atoms with Crippen molar-refractivity contribution < 1.29 is 13.5 Å². The predicted octanol–water partition coefficient (Wildman–Crippen LogP) is 0.229. The fourth-order valence-electron chi connectivity index (χ4n) is 1.70. The number of hydrogen-bond donors (Lipinski definition) is 2. The van der Waals surface area contributed by atoms with Gasteiger partial charge in [-0.3, -0.25) is 0 Å². The molecular weight excluding hydrogens is 190 g/mol. The van der Waals surface area contributed by atoms with E-state index in [4.69, 9.17) is 0 Å². The van der Waals surface area contributed by atoms with E-state index in [1.54, 1.807) is 0 Å². The Morgan fingerprint density at radius 2 is 1.85 bits per heavy atom. The van der Waals surface area contributed by atoms with Crippen LogP contribution in [0.25, 0.3) is 0 Å². The molecule has 1 rings (SSSR count). The summed E-state index contributed by atoms with van der Waals surface area (Å²) in [5.74, 6) is 0. The van der Waals surface area contributed by atoms with Gasteiger partial charge in [0.1, 0.15) is 0 Å². The number of aliphatic hydroxyl groups is 1. The van der Waals surface area contributed by atoms with E-state index in [9.17, 15) is 13.5 Å². The number of nitrogens with one attached hydrogen (secondary N) is 1. The van der Waals surface area contributed by atoms with Gasteiger partial charge >= 0.3 is 0 Å². The highest BCUT2D eigenvalue weighted by molar-refractivity contribution is 7.88. The van der Waals surface area contributed by atoms with Crippen LogP contribution in [-0.2, 0) is 10.0 Å². The summed E-state index contributed by atoms with van der Waals surface area (Å²) >= 11 is 0. The second-order valence-corrected chi connectivity index (χ2v) is 5.48. The molecule has 2 unspecified atom stereocenters. The molecule has 0 saturated heterocycles. The Labute approximate surface area is 79.4 Å². The van der Waals surface area contributed by atoms with Crippen LogP contribution in [0.4, 0.5) is 0 Å². The minimum atomic E-state index is -3.18. The third-order valence-electron chi connectivity index (χ3n) is 2.34. The summed E-state index contributed by atoms with van der Waals surface area (Å²) in [6, 6.07) is -0.280. The first-order valence-corrected chi connectivity index (χ1v) is 6.53. The summed E-state index contributed by atoms with van der Waals surface area (Å²) in [4.78, 5) is 0. The maximum atomic E-state index is 10.9. The molecule has 0 heterocycles. The normalized spacial score (nSPS) is 31.2. The number of rotatable bonds is 2. The van der Waals surface area contributed by atoms with Gasteiger partial charge in [0.15, 0.2) is 0 Å². The third kappa shape index (κ3) is 4.06. The van der Waals surface area contributed by atoms with E-state index < -0.39 is 16.1 Å². The molecule has 0 spiro atoms. The van der Waals surface area contributed by atoms with Crippen LogP contribution < -0.4 is 4.72 Å². The summed E-state index contributed by atoms with van der Waals surface area (Å²) in [6.45, 7) is 0. The smallest absolute Gasteiger partial charge is 0.209 e. The Morgan fingerprint density at radius 1 is 1.23 bits per heavy atom. The molecule has 13 heavy (non-hydrogen) atoms. The van der Waals surface area contributed by atoms with Gasteiger partial charge in [0.05, 0.1) is 12.4 Å². The highest BCUT2D eigenvalue weighted by Crippen LogP contribution is 2.18. The van der Waals surface area contributed by atoms with Gasteiger partial charge in [-0.2, -0.15) is 0 Å². The van der Waals surface area contributed by atoms with Crippen molar-refractivity contribution in [3.8, 4) is 0 Å². The van der Waals surface area contributed by atoms with Gasteiger partial charge in [0, 0.05) is 6.04 Å². The monoisotopic (exact) mass is 207 g/mol. The van der Waals surface area contributed by atoms with Gasteiger partial charge in [-0.05, 0) is 12.8 Å². The fourth-order valence-corrected chi connectivity index (χ4v) is 2.53. The maximum absolute atomic E-state index is 10.9. The van der Waals surface area contributed by atoms with Gasteiger partial charge in [-0.15, -0.1) is 0 Å². The molecule has 4 nitrogen and oxygen atoms in total. The van der Waals surface area contributed by atoms with Crippen molar-refractivity contribution in [2.75, 3.05) is 6.26 Å². The SMILES string of the molecule is CS(=O)(=O)NC1CCCCCC1O. The van der Waals surface area contributed by atoms with E-state index in [2.05, 4.69) is 4.72 Å². The van der Waals surface area contributed by atoms with Crippen molar-refractivity contribution in [3.05, 3.63) is 0 Å². The number of hydrogen-bond acceptors (Lipinski definition) is 3. The molecule has 0 aliphatic heterocycles. The zero-order valence-corrected chi connectivity index (χ0v) is 8.68. The summed E-state index contributed by atoms with van der Waals surface area (Å²) in [7, 11) is -3.18. The standard InChI is InChI=1S/C8H17NO3S/c1-13(11,12)9-7-5-3-2-4-6-8(7)10/h7-10H,2-6H2,1H3. The molecule has 1 fully saturated rings. The van der Waals surface area contributed by atoms with Crippen molar-refractivity contribution >= 4 is 10.0 Å². The molecule has 2 N–H and O–H groups in total. The molecular formula is C8H17NO3S. The van der Waals surface area contributed by atoms with Crippen LogP contribution >= 0.6 is 0 Å². The molecule has 0 aromatic carbocycles. The summed E-state index contributed by atoms with van der Waals surface area (Å²) in [6.07, 6.45) is 5.12. The van der Waals surface area contributed by atoms with Crippen LogP contribution in [0, 0.1) is 0 Å². The third-order valence-corrected chi connectivity index (χ3v) is 3.08. The lowest BCUT2D eigenvalue weighted by Crippen LogP contribution is -2.42. The van der Waals surface area contributed by atoms with Crippen LogP contribution in [0.5, 0.6) is 0 Å². The molecule has 2 atom stereocenters. The lowest BCUT2D eigenvalue weighted by Gasteiger charge is -2.20. The lowest BCUT2D eigenvalue weighted by molar-refractivity contribution is 0.130. The van der Waals surface area contributed by atoms with Gasteiger partial charge < -0.3 is 5.11 Å². The summed E-state index contributed by atoms with van der Waals surface area (Å²) in [5.41, 5.74) is 0. The molecule has 0 aromatic heterocycles. The molecule has 1 saturated carbocycles. The highest BCUT2D eigenvalue weighted by Gasteiger charge is 2.23. The van der Waals surface area contributed by atoms with Gasteiger partial charge in [-0.1, -0.05) is 19.3 Å². The highest BCUT2D eigenvalue weighted by atomic mass is 32.2. The van der Waals surface area contributed by atoms with Crippen molar-refractivity contribution in [2.24, 2.45) is 0 Å². The molecule has 1 aliphatic carbocycles. The van der Waals surface area contributed by atoms with E-state index in [0.717, 1.165) is 31.9 Å². The molecule has 0 aromatic rings. The molecule has 0 bridgehead atoms. The van der Waals surface area contributed by atoms with Crippen molar-refractivity contribution in [1.29, 1.82) is 0 Å². The summed E-state index contributed by atoms with van der Waals surface area (Å²) < 4.78 is 24.3.